The third kappa shape index (κ3) is 3.63. The first-order valence-corrected chi connectivity index (χ1v) is 14.8. The zero-order valence-electron chi connectivity index (χ0n) is 22.2. The fourth-order valence-electron chi connectivity index (χ4n) is 5.69. The van der Waals surface area contributed by atoms with E-state index in [0.717, 1.165) is 16.9 Å². The molecule has 2 amide bonds. The Balaban J connectivity index is 1.44. The lowest BCUT2D eigenvalue weighted by atomic mass is 9.84. The first kappa shape index (κ1) is 26.3. The molecule has 0 saturated heterocycles. The third-order valence-electron chi connectivity index (χ3n) is 7.49. The van der Waals surface area contributed by atoms with Gasteiger partial charge in [-0.1, -0.05) is 77.2 Å². The Hall–Kier alpha value is -4.61. The molecular formula is C31H21FN4O4S2. The van der Waals surface area contributed by atoms with E-state index in [1.54, 1.807) is 66.7 Å². The summed E-state index contributed by atoms with van der Waals surface area (Å²) in [7, 11) is 0. The maximum Gasteiger partial charge on any atom is 0.297 e. The van der Waals surface area contributed by atoms with Crippen molar-refractivity contribution in [1.29, 1.82) is 0 Å². The minimum atomic E-state index is -1.86. The summed E-state index contributed by atoms with van der Waals surface area (Å²) in [5.74, 6) is -1.42. The molecule has 1 unspecified atom stereocenters. The molecule has 0 N–H and O–H groups in total. The maximum absolute atomic E-state index is 14.6. The van der Waals surface area contributed by atoms with E-state index in [9.17, 15) is 18.8 Å². The van der Waals surface area contributed by atoms with E-state index in [4.69, 9.17) is 4.42 Å². The van der Waals surface area contributed by atoms with Gasteiger partial charge in [-0.15, -0.1) is 16.8 Å². The summed E-state index contributed by atoms with van der Waals surface area (Å²) in [4.78, 5) is 45.9. The molecule has 0 fully saturated rings. The lowest BCUT2D eigenvalue weighted by molar-refractivity contribution is -0.121. The van der Waals surface area contributed by atoms with Crippen molar-refractivity contribution in [2.24, 2.45) is 0 Å². The van der Waals surface area contributed by atoms with Crippen LogP contribution in [0.25, 0.3) is 11.0 Å². The molecule has 4 heterocycles. The predicted molar refractivity (Wildman–Crippen MR) is 160 cm³/mol. The molecule has 0 saturated carbocycles. The van der Waals surface area contributed by atoms with Gasteiger partial charge >= 0.3 is 0 Å². The van der Waals surface area contributed by atoms with Crippen LogP contribution in [0.4, 0.5) is 15.2 Å². The van der Waals surface area contributed by atoms with Crippen LogP contribution in [0.5, 0.6) is 0 Å². The van der Waals surface area contributed by atoms with Crippen molar-refractivity contribution in [3.05, 3.63) is 123 Å². The summed E-state index contributed by atoms with van der Waals surface area (Å²) in [6, 6.07) is 18.6. The fourth-order valence-corrected chi connectivity index (χ4v) is 7.57. The molecule has 11 heteroatoms. The van der Waals surface area contributed by atoms with Crippen LogP contribution in [0.3, 0.4) is 0 Å². The van der Waals surface area contributed by atoms with Crippen molar-refractivity contribution in [3.63, 3.8) is 0 Å². The summed E-state index contributed by atoms with van der Waals surface area (Å²) in [6.45, 7) is 5.81. The number of benzene rings is 3. The van der Waals surface area contributed by atoms with Gasteiger partial charge in [-0.2, -0.15) is 0 Å². The number of hydrogen-bond donors (Lipinski definition) is 0. The van der Waals surface area contributed by atoms with Crippen LogP contribution in [0.1, 0.15) is 32.8 Å². The molecule has 8 nitrogen and oxygen atoms in total. The summed E-state index contributed by atoms with van der Waals surface area (Å²) in [6.07, 6.45) is 1.59. The number of amides is 2. The average Bonchev–Trinajstić information content (AvgIpc) is 3.63. The molecule has 1 spiro atoms. The standard InChI is InChI=1S/C31H21FN4O4S2/c1-3-14-35-22-11-7-5-9-20(22)31(28(35)39)24-25(37)19-15-17(2)12-13-23(19)40-26(24)27(38)36(31)29-33-34-30(42-29)41-16-18-8-4-6-10-21(18)32/h3-13,15H,1,14,16H2,2H3. The molecule has 0 radical (unpaired) electrons. The van der Waals surface area contributed by atoms with Crippen LogP contribution in [-0.4, -0.2) is 28.6 Å². The Labute approximate surface area is 247 Å². The van der Waals surface area contributed by atoms with Gasteiger partial charge < -0.3 is 9.32 Å². The van der Waals surface area contributed by atoms with Crippen molar-refractivity contribution < 1.29 is 18.4 Å². The number of halogens is 1. The number of carbonyl (C=O) groups excluding carboxylic acids is 2. The molecule has 0 bridgehead atoms. The SMILES string of the molecule is C=CCN1C(=O)C2(c3ccccc31)c1c(oc3ccc(C)cc3c1=O)C(=O)N2c1nnc(SCc2ccccc2F)s1. The molecule has 208 valence electrons. The van der Waals surface area contributed by atoms with Crippen molar-refractivity contribution in [1.82, 2.24) is 10.2 Å². The lowest BCUT2D eigenvalue weighted by Crippen LogP contribution is -2.53. The summed E-state index contributed by atoms with van der Waals surface area (Å²) in [5, 5.41) is 8.94. The normalized spacial score (nSPS) is 17.4. The predicted octanol–water partition coefficient (Wildman–Crippen LogP) is 5.82. The molecule has 2 aliphatic heterocycles. The number of nitrogens with zero attached hydrogens (tertiary/aromatic N) is 4. The number of anilines is 2. The fraction of sp³-hybridized carbons (Fsp3) is 0.129. The molecule has 2 aliphatic rings. The molecule has 5 aromatic rings. The maximum atomic E-state index is 14.6. The van der Waals surface area contributed by atoms with Gasteiger partial charge in [0, 0.05) is 17.9 Å². The number of rotatable bonds is 6. The molecule has 42 heavy (non-hydrogen) atoms. The highest BCUT2D eigenvalue weighted by Crippen LogP contribution is 2.54. The molecule has 3 aromatic carbocycles. The third-order valence-corrected chi connectivity index (χ3v) is 9.58. The summed E-state index contributed by atoms with van der Waals surface area (Å²) < 4.78 is 20.8. The van der Waals surface area contributed by atoms with E-state index in [1.165, 1.54) is 27.6 Å². The van der Waals surface area contributed by atoms with E-state index in [1.807, 2.05) is 6.92 Å². The minimum Gasteiger partial charge on any atom is -0.450 e. The minimum absolute atomic E-state index is 0.0506. The van der Waals surface area contributed by atoms with Gasteiger partial charge in [-0.3, -0.25) is 19.3 Å². The van der Waals surface area contributed by atoms with Crippen LogP contribution in [0, 0.1) is 12.7 Å². The van der Waals surface area contributed by atoms with Crippen LogP contribution in [0.2, 0.25) is 0 Å². The highest BCUT2D eigenvalue weighted by Gasteiger charge is 2.66. The van der Waals surface area contributed by atoms with Crippen molar-refractivity contribution in [3.8, 4) is 0 Å². The number of thioether (sulfide) groups is 1. The van der Waals surface area contributed by atoms with E-state index in [0.29, 0.717) is 26.9 Å². The van der Waals surface area contributed by atoms with Crippen LogP contribution < -0.4 is 15.2 Å². The van der Waals surface area contributed by atoms with E-state index in [2.05, 4.69) is 16.8 Å². The molecule has 7 rings (SSSR count). The zero-order valence-corrected chi connectivity index (χ0v) is 23.8. The second kappa shape index (κ2) is 9.74. The van der Waals surface area contributed by atoms with Gasteiger partial charge in [0.05, 0.1) is 16.6 Å². The highest BCUT2D eigenvalue weighted by molar-refractivity contribution is 8.00. The number of hydrogen-bond acceptors (Lipinski definition) is 8. The van der Waals surface area contributed by atoms with E-state index in [-0.39, 0.29) is 39.8 Å². The number of carbonyl (C=O) groups is 2. The van der Waals surface area contributed by atoms with Crippen LogP contribution in [0.15, 0.2) is 92.9 Å². The quantitative estimate of drug-likeness (QED) is 0.138. The lowest BCUT2D eigenvalue weighted by Gasteiger charge is -2.31. The van der Waals surface area contributed by atoms with Crippen molar-refractivity contribution >= 4 is 56.7 Å². The van der Waals surface area contributed by atoms with Gasteiger partial charge in [-0.25, -0.2) is 4.39 Å². The van der Waals surface area contributed by atoms with Gasteiger partial charge in [0.25, 0.3) is 11.8 Å². The Kier molecular flexibility index (Phi) is 6.10. The van der Waals surface area contributed by atoms with E-state index >= 15 is 0 Å². The van der Waals surface area contributed by atoms with Gasteiger partial charge in [-0.05, 0) is 36.8 Å². The second-order valence-electron chi connectivity index (χ2n) is 9.94. The number of fused-ring (bicyclic) bond motifs is 5. The Morgan fingerprint density at radius 1 is 1.07 bits per heavy atom. The topological polar surface area (TPSA) is 96.6 Å². The highest BCUT2D eigenvalue weighted by atomic mass is 32.2. The number of aryl methyl sites for hydroxylation is 1. The molecule has 2 aromatic heterocycles. The second-order valence-corrected chi connectivity index (χ2v) is 12.1. The Bertz CT molecular complexity index is 2020. The first-order valence-electron chi connectivity index (χ1n) is 13.0. The van der Waals surface area contributed by atoms with Gasteiger partial charge in [0.1, 0.15) is 11.4 Å². The van der Waals surface area contributed by atoms with Crippen LogP contribution >= 0.6 is 23.1 Å². The van der Waals surface area contributed by atoms with Crippen molar-refractivity contribution in [2.75, 3.05) is 16.3 Å². The van der Waals surface area contributed by atoms with Crippen LogP contribution in [-0.2, 0) is 16.1 Å². The smallest absolute Gasteiger partial charge is 0.297 e. The molecule has 0 aliphatic carbocycles. The zero-order chi connectivity index (χ0) is 29.2. The molecular weight excluding hydrogens is 575 g/mol. The summed E-state index contributed by atoms with van der Waals surface area (Å²) in [5.41, 5.74) is 0.203. The Morgan fingerprint density at radius 3 is 2.67 bits per heavy atom. The monoisotopic (exact) mass is 596 g/mol. The number of aromatic nitrogens is 2. The number of para-hydroxylation sites is 1. The van der Waals surface area contributed by atoms with E-state index < -0.39 is 22.8 Å². The van der Waals surface area contributed by atoms with Gasteiger partial charge in [0.2, 0.25) is 10.9 Å². The average molecular weight is 597 g/mol. The largest absolute Gasteiger partial charge is 0.450 e. The Morgan fingerprint density at radius 2 is 1.86 bits per heavy atom. The summed E-state index contributed by atoms with van der Waals surface area (Å²) >= 11 is 2.34. The van der Waals surface area contributed by atoms with Gasteiger partial charge in [0.15, 0.2) is 15.3 Å². The first-order chi connectivity index (χ1) is 20.4. The molecule has 1 atom stereocenters. The van der Waals surface area contributed by atoms with Crippen molar-refractivity contribution in [2.45, 2.75) is 22.6 Å².